The van der Waals surface area contributed by atoms with Gasteiger partial charge in [0.2, 0.25) is 0 Å². The van der Waals surface area contributed by atoms with Gasteiger partial charge in [-0.05, 0) is 58.5 Å². The molecule has 11 nitrogen and oxygen atoms in total. The minimum Gasteiger partial charge on any atom is -0.381 e. The van der Waals surface area contributed by atoms with E-state index in [0.29, 0.717) is 30.3 Å². The Morgan fingerprint density at radius 3 is 2.50 bits per heavy atom. The summed E-state index contributed by atoms with van der Waals surface area (Å²) in [6, 6.07) is 4.03. The molecule has 3 heterocycles. The van der Waals surface area contributed by atoms with E-state index in [1.165, 1.54) is 13.1 Å². The molecule has 1 saturated heterocycles. The SMILES string of the molecule is C=CC=O.CCc1nc(C=O)c(Nc2ccnc(NCCCNC)c2)nc1NC1CCOCC1.CN. The third-order valence-corrected chi connectivity index (χ3v) is 5.03. The van der Waals surface area contributed by atoms with Crippen LogP contribution in [-0.2, 0) is 16.0 Å². The van der Waals surface area contributed by atoms with Gasteiger partial charge in [0.05, 0.1) is 5.69 Å². The van der Waals surface area contributed by atoms with E-state index in [1.807, 2.05) is 26.1 Å². The van der Waals surface area contributed by atoms with Gasteiger partial charge in [-0.15, -0.1) is 0 Å². The van der Waals surface area contributed by atoms with Gasteiger partial charge in [-0.2, -0.15) is 0 Å². The van der Waals surface area contributed by atoms with Crippen LogP contribution in [0.4, 0.5) is 23.1 Å². The Balaban J connectivity index is 0.000000982. The zero-order valence-corrected chi connectivity index (χ0v) is 21.5. The Kier molecular flexibility index (Phi) is 16.0. The molecule has 0 unspecified atom stereocenters. The molecule has 3 rings (SSSR count). The van der Waals surface area contributed by atoms with Crippen molar-refractivity contribution in [2.75, 3.05) is 56.3 Å². The van der Waals surface area contributed by atoms with Crippen molar-refractivity contribution in [1.82, 2.24) is 20.3 Å². The topological polar surface area (TPSA) is 156 Å². The van der Waals surface area contributed by atoms with Crippen molar-refractivity contribution in [2.45, 2.75) is 38.6 Å². The third kappa shape index (κ3) is 10.9. The number of nitrogens with zero attached hydrogens (tertiary/aromatic N) is 3. The van der Waals surface area contributed by atoms with Gasteiger partial charge in [0.1, 0.15) is 23.6 Å². The summed E-state index contributed by atoms with van der Waals surface area (Å²) in [7, 11) is 3.43. The zero-order valence-electron chi connectivity index (χ0n) is 21.5. The number of allylic oxidation sites excluding steroid dienone is 1. The van der Waals surface area contributed by atoms with Gasteiger partial charge in [0.15, 0.2) is 12.1 Å². The standard InChI is InChI=1S/C21H31N7O2.C3H4O.CH5N/c1-3-17-20(25-15-6-11-30-12-7-15)28-21(18(14-29)27-17)26-16-5-10-24-19(13-16)23-9-4-8-22-2;1-2-3-4;1-2/h5,10,13-15,22H,3-4,6-9,11-12H2,1-2H3,(H3,23,24,25,26,28);2-3H,1H2;2H2,1H3. The molecule has 2 aromatic heterocycles. The second kappa shape index (κ2) is 18.9. The normalized spacial score (nSPS) is 12.7. The van der Waals surface area contributed by atoms with Crippen LogP contribution < -0.4 is 27.0 Å². The molecule has 0 aliphatic carbocycles. The van der Waals surface area contributed by atoms with Crippen LogP contribution in [0.5, 0.6) is 0 Å². The number of hydrogen-bond acceptors (Lipinski definition) is 11. The molecule has 198 valence electrons. The largest absolute Gasteiger partial charge is 0.381 e. The number of hydrogen-bond donors (Lipinski definition) is 5. The minimum absolute atomic E-state index is 0.294. The maximum Gasteiger partial charge on any atom is 0.172 e. The number of aryl methyl sites for hydroxylation is 1. The lowest BCUT2D eigenvalue weighted by Gasteiger charge is -2.25. The number of aldehydes is 2. The number of pyridine rings is 1. The number of nitrogens with one attached hydrogen (secondary N) is 4. The predicted octanol–water partition coefficient (Wildman–Crippen LogP) is 2.55. The van der Waals surface area contributed by atoms with Crippen molar-refractivity contribution in [3.8, 4) is 0 Å². The maximum absolute atomic E-state index is 11.6. The van der Waals surface area contributed by atoms with Gasteiger partial charge in [-0.1, -0.05) is 13.5 Å². The Morgan fingerprint density at radius 1 is 1.17 bits per heavy atom. The second-order valence-electron chi connectivity index (χ2n) is 7.57. The summed E-state index contributed by atoms with van der Waals surface area (Å²) in [5, 5.41) is 13.1. The molecule has 0 aromatic carbocycles. The van der Waals surface area contributed by atoms with Crippen molar-refractivity contribution in [1.29, 1.82) is 0 Å². The fourth-order valence-electron chi connectivity index (χ4n) is 3.28. The predicted molar refractivity (Wildman–Crippen MR) is 145 cm³/mol. The molecular formula is C25H40N8O3. The van der Waals surface area contributed by atoms with E-state index in [2.05, 4.69) is 43.5 Å². The number of carbonyl (C=O) groups excluding carboxylic acids is 2. The van der Waals surface area contributed by atoms with E-state index in [1.54, 1.807) is 6.20 Å². The highest BCUT2D eigenvalue weighted by Crippen LogP contribution is 2.24. The van der Waals surface area contributed by atoms with Crippen LogP contribution >= 0.6 is 0 Å². The molecule has 0 amide bonds. The van der Waals surface area contributed by atoms with E-state index in [4.69, 9.17) is 14.5 Å². The van der Waals surface area contributed by atoms with Crippen molar-refractivity contribution in [2.24, 2.45) is 5.73 Å². The number of rotatable bonds is 12. The molecule has 36 heavy (non-hydrogen) atoms. The number of aromatic nitrogens is 3. The van der Waals surface area contributed by atoms with Crippen molar-refractivity contribution >= 4 is 35.7 Å². The van der Waals surface area contributed by atoms with Gasteiger partial charge < -0.3 is 31.7 Å². The smallest absolute Gasteiger partial charge is 0.172 e. The Bertz CT molecular complexity index is 914. The van der Waals surface area contributed by atoms with E-state index in [0.717, 1.165) is 74.9 Å². The van der Waals surface area contributed by atoms with Crippen LogP contribution in [0.1, 0.15) is 42.4 Å². The van der Waals surface area contributed by atoms with Crippen LogP contribution in [0.2, 0.25) is 0 Å². The molecule has 0 atom stereocenters. The van der Waals surface area contributed by atoms with Crippen LogP contribution in [-0.4, -0.2) is 74.0 Å². The number of carbonyl (C=O) groups is 2. The van der Waals surface area contributed by atoms with Gasteiger partial charge in [-0.25, -0.2) is 15.0 Å². The average molecular weight is 501 g/mol. The third-order valence-electron chi connectivity index (χ3n) is 5.03. The Hall–Kier alpha value is -3.41. The molecule has 0 bridgehead atoms. The van der Waals surface area contributed by atoms with Gasteiger partial charge in [0, 0.05) is 43.8 Å². The molecule has 6 N–H and O–H groups in total. The summed E-state index contributed by atoms with van der Waals surface area (Å²) >= 11 is 0. The highest BCUT2D eigenvalue weighted by molar-refractivity contribution is 5.82. The van der Waals surface area contributed by atoms with Gasteiger partial charge >= 0.3 is 0 Å². The number of ether oxygens (including phenoxy) is 1. The molecule has 2 aromatic rings. The number of anilines is 4. The van der Waals surface area contributed by atoms with Gasteiger partial charge in [0.25, 0.3) is 0 Å². The molecule has 0 saturated carbocycles. The van der Waals surface area contributed by atoms with Crippen LogP contribution in [0.25, 0.3) is 0 Å². The minimum atomic E-state index is 0.294. The van der Waals surface area contributed by atoms with Crippen molar-refractivity contribution in [3.63, 3.8) is 0 Å². The fraction of sp³-hybridized carbons (Fsp3) is 0.480. The summed E-state index contributed by atoms with van der Waals surface area (Å²) in [6.45, 7) is 8.36. The molecule has 0 spiro atoms. The first-order chi connectivity index (χ1) is 17.6. The quantitative estimate of drug-likeness (QED) is 0.166. The van der Waals surface area contributed by atoms with E-state index in [-0.39, 0.29) is 0 Å². The van der Waals surface area contributed by atoms with E-state index in [9.17, 15) is 4.79 Å². The first-order valence-electron chi connectivity index (χ1n) is 12.1. The first kappa shape index (κ1) is 30.6. The molecular weight excluding hydrogens is 460 g/mol. The van der Waals surface area contributed by atoms with Crippen LogP contribution in [0, 0.1) is 0 Å². The highest BCUT2D eigenvalue weighted by atomic mass is 16.5. The Morgan fingerprint density at radius 2 is 1.89 bits per heavy atom. The maximum atomic E-state index is 11.6. The van der Waals surface area contributed by atoms with Crippen LogP contribution in [0.15, 0.2) is 31.0 Å². The summed E-state index contributed by atoms with van der Waals surface area (Å²) in [6.07, 6.45) is 7.83. The van der Waals surface area contributed by atoms with Crippen molar-refractivity contribution < 1.29 is 14.3 Å². The average Bonchev–Trinajstić information content (AvgIpc) is 2.93. The molecule has 1 aliphatic heterocycles. The lowest BCUT2D eigenvalue weighted by molar-refractivity contribution is -0.104. The van der Waals surface area contributed by atoms with Crippen molar-refractivity contribution in [3.05, 3.63) is 42.4 Å². The number of nitrogens with two attached hydrogens (primary N) is 1. The second-order valence-corrected chi connectivity index (χ2v) is 7.57. The first-order valence-corrected chi connectivity index (χ1v) is 12.1. The van der Waals surface area contributed by atoms with Gasteiger partial charge in [-0.3, -0.25) is 9.59 Å². The summed E-state index contributed by atoms with van der Waals surface area (Å²) < 4.78 is 5.44. The molecule has 11 heteroatoms. The molecule has 1 fully saturated rings. The zero-order chi connectivity index (χ0) is 26.6. The molecule has 0 radical (unpaired) electrons. The molecule has 1 aliphatic rings. The summed E-state index contributed by atoms with van der Waals surface area (Å²) in [5.74, 6) is 1.92. The highest BCUT2D eigenvalue weighted by Gasteiger charge is 2.18. The lowest BCUT2D eigenvalue weighted by atomic mass is 10.1. The fourth-order valence-corrected chi connectivity index (χ4v) is 3.28. The Labute approximate surface area is 213 Å². The lowest BCUT2D eigenvalue weighted by Crippen LogP contribution is -2.29. The van der Waals surface area contributed by atoms with Crippen LogP contribution in [0.3, 0.4) is 0 Å². The van der Waals surface area contributed by atoms with E-state index < -0.39 is 0 Å². The summed E-state index contributed by atoms with van der Waals surface area (Å²) in [4.78, 5) is 34.3. The van der Waals surface area contributed by atoms with E-state index >= 15 is 0 Å². The summed E-state index contributed by atoms with van der Waals surface area (Å²) in [5.41, 5.74) is 6.38. The monoisotopic (exact) mass is 500 g/mol.